The van der Waals surface area contributed by atoms with Crippen LogP contribution in [0.25, 0.3) is 11.3 Å². The minimum absolute atomic E-state index is 0.320. The first-order valence-corrected chi connectivity index (χ1v) is 11.0. The number of amides is 2. The zero-order chi connectivity index (χ0) is 22.3. The summed E-state index contributed by atoms with van der Waals surface area (Å²) < 4.78 is 7.05. The summed E-state index contributed by atoms with van der Waals surface area (Å²) in [6.45, 7) is 5.01. The van der Waals surface area contributed by atoms with Crippen LogP contribution in [-0.2, 0) is 11.3 Å². The van der Waals surface area contributed by atoms with Gasteiger partial charge in [0, 0.05) is 36.8 Å². The Morgan fingerprint density at radius 3 is 2.53 bits per heavy atom. The first-order chi connectivity index (χ1) is 15.6. The van der Waals surface area contributed by atoms with Gasteiger partial charge < -0.3 is 21.1 Å². The number of urea groups is 1. The normalized spacial score (nSPS) is 14.3. The molecule has 3 aromatic rings. The van der Waals surface area contributed by atoms with Crippen molar-refractivity contribution in [2.75, 3.05) is 50.4 Å². The maximum atomic E-state index is 12.6. The van der Waals surface area contributed by atoms with Gasteiger partial charge in [0.2, 0.25) is 0 Å². The summed E-state index contributed by atoms with van der Waals surface area (Å²) in [5.74, 6) is 0.391. The second-order valence-corrected chi connectivity index (χ2v) is 8.03. The van der Waals surface area contributed by atoms with Gasteiger partial charge in [0.25, 0.3) is 0 Å². The van der Waals surface area contributed by atoms with Crippen LogP contribution in [-0.4, -0.2) is 60.1 Å². The van der Waals surface area contributed by atoms with Crippen molar-refractivity contribution in [2.45, 2.75) is 6.54 Å². The van der Waals surface area contributed by atoms with Crippen LogP contribution in [0, 0.1) is 0 Å². The number of rotatable bonds is 7. The molecule has 0 aliphatic carbocycles. The highest BCUT2D eigenvalue weighted by Crippen LogP contribution is 2.33. The van der Waals surface area contributed by atoms with E-state index in [9.17, 15) is 4.79 Å². The summed E-state index contributed by atoms with van der Waals surface area (Å²) in [5, 5.41) is 11.1. The van der Waals surface area contributed by atoms with Crippen molar-refractivity contribution in [1.29, 1.82) is 0 Å². The summed E-state index contributed by atoms with van der Waals surface area (Å²) in [4.78, 5) is 14.9. The van der Waals surface area contributed by atoms with Gasteiger partial charge in [-0.05, 0) is 17.7 Å². The van der Waals surface area contributed by atoms with Crippen LogP contribution in [0.2, 0.25) is 5.02 Å². The van der Waals surface area contributed by atoms with Crippen LogP contribution in [0.1, 0.15) is 5.56 Å². The fourth-order valence-corrected chi connectivity index (χ4v) is 3.72. The third kappa shape index (κ3) is 5.59. The fourth-order valence-electron chi connectivity index (χ4n) is 3.59. The molecule has 4 rings (SSSR count). The molecule has 8 nitrogen and oxygen atoms in total. The molecular formula is C23H27ClN6O2. The Kier molecular flexibility index (Phi) is 7.26. The lowest BCUT2D eigenvalue weighted by Gasteiger charge is -2.26. The summed E-state index contributed by atoms with van der Waals surface area (Å²) in [6, 6.07) is 16.9. The van der Waals surface area contributed by atoms with Crippen LogP contribution >= 0.6 is 11.6 Å². The van der Waals surface area contributed by atoms with E-state index in [1.165, 1.54) is 0 Å². The van der Waals surface area contributed by atoms with Gasteiger partial charge >= 0.3 is 6.03 Å². The number of nitrogens with zero attached hydrogens (tertiary/aromatic N) is 3. The highest BCUT2D eigenvalue weighted by atomic mass is 35.5. The number of benzene rings is 2. The lowest BCUT2D eigenvalue weighted by molar-refractivity contribution is 0.0388. The van der Waals surface area contributed by atoms with E-state index in [1.54, 1.807) is 16.8 Å². The Labute approximate surface area is 192 Å². The van der Waals surface area contributed by atoms with E-state index in [4.69, 9.17) is 27.2 Å². The number of hydrogen-bond acceptors (Lipinski definition) is 5. The number of carbonyl (C=O) groups is 1. The summed E-state index contributed by atoms with van der Waals surface area (Å²) in [5.41, 5.74) is 9.37. The molecule has 0 saturated carbocycles. The zero-order valence-corrected chi connectivity index (χ0v) is 18.5. The third-order valence-corrected chi connectivity index (χ3v) is 5.59. The fraction of sp³-hybridized carbons (Fsp3) is 0.304. The van der Waals surface area contributed by atoms with E-state index in [0.717, 1.165) is 44.0 Å². The highest BCUT2D eigenvalue weighted by Gasteiger charge is 2.20. The molecule has 0 spiro atoms. The molecule has 4 N–H and O–H groups in total. The number of morpholine rings is 1. The molecule has 1 aliphatic rings. The molecule has 2 heterocycles. The number of anilines is 2. The van der Waals surface area contributed by atoms with Gasteiger partial charge in [-0.25, -0.2) is 9.48 Å². The van der Waals surface area contributed by atoms with Crippen molar-refractivity contribution < 1.29 is 9.53 Å². The van der Waals surface area contributed by atoms with E-state index in [2.05, 4.69) is 15.5 Å². The summed E-state index contributed by atoms with van der Waals surface area (Å²) >= 11 is 6.05. The lowest BCUT2D eigenvalue weighted by Crippen LogP contribution is -2.42. The van der Waals surface area contributed by atoms with Gasteiger partial charge in [0.15, 0.2) is 0 Å². The molecule has 0 bridgehead atoms. The first kappa shape index (κ1) is 22.1. The molecule has 9 heteroatoms. The van der Waals surface area contributed by atoms with Crippen LogP contribution in [0.5, 0.6) is 0 Å². The molecular weight excluding hydrogens is 428 g/mol. The molecule has 1 aromatic heterocycles. The number of halogens is 1. The topological polar surface area (TPSA) is 97.4 Å². The minimum Gasteiger partial charge on any atom is -0.382 e. The lowest BCUT2D eigenvalue weighted by atomic mass is 10.1. The largest absolute Gasteiger partial charge is 0.382 e. The number of nitrogen functional groups attached to an aromatic ring is 1. The Balaban J connectivity index is 1.50. The Morgan fingerprint density at radius 2 is 1.81 bits per heavy atom. The van der Waals surface area contributed by atoms with E-state index in [-0.39, 0.29) is 6.03 Å². The minimum atomic E-state index is -0.320. The van der Waals surface area contributed by atoms with Gasteiger partial charge in [0.05, 0.1) is 19.8 Å². The average Bonchev–Trinajstić information content (AvgIpc) is 3.11. The predicted molar refractivity (Wildman–Crippen MR) is 127 cm³/mol. The molecule has 1 aliphatic heterocycles. The zero-order valence-electron chi connectivity index (χ0n) is 17.8. The summed E-state index contributed by atoms with van der Waals surface area (Å²) in [6.07, 6.45) is 0. The Bertz CT molecular complexity index is 1030. The van der Waals surface area contributed by atoms with Crippen LogP contribution < -0.4 is 16.4 Å². The van der Waals surface area contributed by atoms with E-state index in [1.807, 2.05) is 42.5 Å². The van der Waals surface area contributed by atoms with Crippen molar-refractivity contribution in [3.05, 3.63) is 65.2 Å². The van der Waals surface area contributed by atoms with E-state index < -0.39 is 0 Å². The molecule has 0 radical (unpaired) electrons. The second-order valence-electron chi connectivity index (χ2n) is 7.59. The number of nitrogens with two attached hydrogens (primary N) is 1. The number of aromatic nitrogens is 2. The highest BCUT2D eigenvalue weighted by molar-refractivity contribution is 6.30. The monoisotopic (exact) mass is 454 g/mol. The van der Waals surface area contributed by atoms with Gasteiger partial charge in [0.1, 0.15) is 17.2 Å². The van der Waals surface area contributed by atoms with Gasteiger partial charge in [-0.15, -0.1) is 0 Å². The smallest absolute Gasteiger partial charge is 0.319 e. The standard InChI is InChI=1S/C23H27ClN6O2/c24-19-8-6-18(7-9-19)20-21(22(25)30(28-20)16-17-4-2-1-3-5-17)27-23(31)26-10-11-29-12-14-32-15-13-29/h1-9H,10-16,25H2,(H2,26,27,31). The number of ether oxygens (including phenoxy) is 1. The van der Waals surface area contributed by atoms with E-state index in [0.29, 0.717) is 35.3 Å². The Hall–Kier alpha value is -3.07. The van der Waals surface area contributed by atoms with Crippen molar-refractivity contribution in [1.82, 2.24) is 20.0 Å². The SMILES string of the molecule is Nc1c(NC(=O)NCCN2CCOCC2)c(-c2ccc(Cl)cc2)nn1Cc1ccccc1. The molecule has 32 heavy (non-hydrogen) atoms. The maximum absolute atomic E-state index is 12.6. The Morgan fingerprint density at radius 1 is 1.09 bits per heavy atom. The van der Waals surface area contributed by atoms with Gasteiger partial charge in [-0.3, -0.25) is 4.90 Å². The molecule has 168 valence electrons. The van der Waals surface area contributed by atoms with E-state index >= 15 is 0 Å². The molecule has 0 unspecified atom stereocenters. The number of hydrogen-bond donors (Lipinski definition) is 3. The van der Waals surface area contributed by atoms with Gasteiger partial charge in [-0.2, -0.15) is 5.10 Å². The number of nitrogens with one attached hydrogen (secondary N) is 2. The van der Waals surface area contributed by atoms with Crippen LogP contribution in [0.15, 0.2) is 54.6 Å². The number of carbonyl (C=O) groups excluding carboxylic acids is 1. The molecule has 1 fully saturated rings. The quantitative estimate of drug-likeness (QED) is 0.509. The van der Waals surface area contributed by atoms with Crippen molar-refractivity contribution in [3.8, 4) is 11.3 Å². The maximum Gasteiger partial charge on any atom is 0.319 e. The molecule has 0 atom stereocenters. The van der Waals surface area contributed by atoms with Gasteiger partial charge in [-0.1, -0.05) is 54.1 Å². The van der Waals surface area contributed by atoms with Crippen molar-refractivity contribution in [2.24, 2.45) is 0 Å². The van der Waals surface area contributed by atoms with Crippen molar-refractivity contribution in [3.63, 3.8) is 0 Å². The van der Waals surface area contributed by atoms with Crippen LogP contribution in [0.3, 0.4) is 0 Å². The third-order valence-electron chi connectivity index (χ3n) is 5.34. The molecule has 2 aromatic carbocycles. The predicted octanol–water partition coefficient (Wildman–Crippen LogP) is 3.29. The van der Waals surface area contributed by atoms with Crippen LogP contribution in [0.4, 0.5) is 16.3 Å². The first-order valence-electron chi connectivity index (χ1n) is 10.6. The van der Waals surface area contributed by atoms with Crippen molar-refractivity contribution >= 4 is 29.1 Å². The molecule has 2 amide bonds. The second kappa shape index (κ2) is 10.5. The molecule has 1 saturated heterocycles. The summed E-state index contributed by atoms with van der Waals surface area (Å²) in [7, 11) is 0. The average molecular weight is 455 g/mol.